The van der Waals surface area contributed by atoms with Crippen molar-refractivity contribution in [1.29, 1.82) is 0 Å². The van der Waals surface area contributed by atoms with Crippen LogP contribution in [0.15, 0.2) is 47.2 Å². The molecule has 0 aromatic carbocycles. The lowest BCUT2D eigenvalue weighted by atomic mass is 10.3. The second kappa shape index (κ2) is 8.62. The largest absolute Gasteiger partial charge is 0.467 e. The number of furan rings is 1. The zero-order valence-electron chi connectivity index (χ0n) is 14.0. The molecule has 0 saturated carbocycles. The lowest BCUT2D eigenvalue weighted by molar-refractivity contribution is 0.312. The Labute approximate surface area is 145 Å². The quantitative estimate of drug-likeness (QED) is 0.613. The monoisotopic (exact) mass is 340 g/mol. The molecule has 0 radical (unpaired) electrons. The third kappa shape index (κ3) is 5.17. The highest BCUT2D eigenvalue weighted by molar-refractivity contribution is 5.36. The highest BCUT2D eigenvalue weighted by Gasteiger charge is 2.08. The summed E-state index contributed by atoms with van der Waals surface area (Å²) in [5.41, 5.74) is 1.00. The average molecular weight is 340 g/mol. The summed E-state index contributed by atoms with van der Waals surface area (Å²) in [7, 11) is 0. The van der Waals surface area contributed by atoms with E-state index in [4.69, 9.17) is 9.15 Å². The second-order valence-corrected chi connectivity index (χ2v) is 5.13. The van der Waals surface area contributed by atoms with E-state index in [1.54, 1.807) is 12.5 Å². The zero-order valence-corrected chi connectivity index (χ0v) is 14.0. The molecule has 0 amide bonds. The van der Waals surface area contributed by atoms with Gasteiger partial charge < -0.3 is 19.8 Å². The minimum atomic E-state index is 0.278. The summed E-state index contributed by atoms with van der Waals surface area (Å²) < 4.78 is 10.7. The van der Waals surface area contributed by atoms with Crippen molar-refractivity contribution in [2.24, 2.45) is 0 Å². The highest BCUT2D eigenvalue weighted by Crippen LogP contribution is 2.12. The van der Waals surface area contributed by atoms with Crippen molar-refractivity contribution < 1.29 is 9.15 Å². The van der Waals surface area contributed by atoms with E-state index in [2.05, 4.69) is 30.6 Å². The molecule has 8 nitrogen and oxygen atoms in total. The van der Waals surface area contributed by atoms with E-state index in [9.17, 15) is 0 Å². The predicted molar refractivity (Wildman–Crippen MR) is 93.5 cm³/mol. The minimum Gasteiger partial charge on any atom is -0.467 e. The lowest BCUT2D eigenvalue weighted by Crippen LogP contribution is -2.13. The smallest absolute Gasteiger partial charge is 0.323 e. The molecule has 0 saturated heterocycles. The SMILES string of the molecule is CCOc1nc(NCCc2ccccn2)nc(NCc2ccco2)n1. The molecule has 25 heavy (non-hydrogen) atoms. The molecule has 130 valence electrons. The molecular formula is C17H20N6O2. The Bertz CT molecular complexity index is 764. The average Bonchev–Trinajstić information content (AvgIpc) is 3.15. The van der Waals surface area contributed by atoms with Crippen LogP contribution in [0, 0.1) is 0 Å². The Balaban J connectivity index is 1.62. The van der Waals surface area contributed by atoms with Gasteiger partial charge in [0.05, 0.1) is 19.4 Å². The summed E-state index contributed by atoms with van der Waals surface area (Å²) in [5.74, 6) is 1.68. The van der Waals surface area contributed by atoms with Crippen molar-refractivity contribution in [2.75, 3.05) is 23.8 Å². The van der Waals surface area contributed by atoms with E-state index < -0.39 is 0 Å². The minimum absolute atomic E-state index is 0.278. The molecule has 0 aliphatic carbocycles. The van der Waals surface area contributed by atoms with Gasteiger partial charge in [0.15, 0.2) is 0 Å². The molecule has 3 heterocycles. The molecule has 3 rings (SSSR count). The fourth-order valence-corrected chi connectivity index (χ4v) is 2.14. The van der Waals surface area contributed by atoms with Crippen LogP contribution in [-0.4, -0.2) is 33.1 Å². The molecule has 0 bridgehead atoms. The standard InChI is InChI=1S/C17H20N6O2/c1-2-24-17-22-15(19-10-8-13-6-3-4-9-18-13)21-16(23-17)20-12-14-7-5-11-25-14/h3-7,9,11H,2,8,10,12H2,1H3,(H2,19,20,21,22,23). The van der Waals surface area contributed by atoms with E-state index in [0.717, 1.165) is 17.9 Å². The van der Waals surface area contributed by atoms with Gasteiger partial charge >= 0.3 is 6.01 Å². The summed E-state index contributed by atoms with van der Waals surface area (Å²) in [4.78, 5) is 17.2. The maximum atomic E-state index is 5.41. The van der Waals surface area contributed by atoms with Crippen LogP contribution in [0.25, 0.3) is 0 Å². The molecule has 0 unspecified atom stereocenters. The number of ether oxygens (including phenoxy) is 1. The third-order valence-electron chi connectivity index (χ3n) is 3.28. The maximum absolute atomic E-state index is 5.41. The van der Waals surface area contributed by atoms with E-state index in [1.165, 1.54) is 0 Å². The number of hydrogen-bond donors (Lipinski definition) is 2. The van der Waals surface area contributed by atoms with Crippen LogP contribution in [0.4, 0.5) is 11.9 Å². The van der Waals surface area contributed by atoms with Gasteiger partial charge in [0.2, 0.25) is 11.9 Å². The number of rotatable bonds is 9. The molecule has 0 aliphatic heterocycles. The van der Waals surface area contributed by atoms with Gasteiger partial charge in [-0.1, -0.05) is 6.07 Å². The summed E-state index contributed by atoms with van der Waals surface area (Å²) in [6.45, 7) is 3.50. The van der Waals surface area contributed by atoms with Crippen LogP contribution in [0.2, 0.25) is 0 Å². The second-order valence-electron chi connectivity index (χ2n) is 5.13. The van der Waals surface area contributed by atoms with Crippen LogP contribution in [0.1, 0.15) is 18.4 Å². The molecule has 0 fully saturated rings. The predicted octanol–water partition coefficient (Wildman–Crippen LogP) is 2.53. The number of aromatic nitrogens is 4. The summed E-state index contributed by atoms with van der Waals surface area (Å²) in [5, 5.41) is 6.29. The number of anilines is 2. The van der Waals surface area contributed by atoms with Gasteiger partial charge in [-0.2, -0.15) is 15.0 Å². The molecule has 3 aromatic rings. The van der Waals surface area contributed by atoms with Crippen molar-refractivity contribution in [3.63, 3.8) is 0 Å². The van der Waals surface area contributed by atoms with E-state index in [0.29, 0.717) is 31.6 Å². The van der Waals surface area contributed by atoms with E-state index >= 15 is 0 Å². The summed E-state index contributed by atoms with van der Waals surface area (Å²) >= 11 is 0. The first-order chi connectivity index (χ1) is 12.3. The number of hydrogen-bond acceptors (Lipinski definition) is 8. The van der Waals surface area contributed by atoms with Crippen molar-refractivity contribution in [3.8, 4) is 6.01 Å². The maximum Gasteiger partial charge on any atom is 0.323 e. The van der Waals surface area contributed by atoms with Gasteiger partial charge in [-0.25, -0.2) is 0 Å². The van der Waals surface area contributed by atoms with Crippen molar-refractivity contribution in [1.82, 2.24) is 19.9 Å². The van der Waals surface area contributed by atoms with Crippen LogP contribution >= 0.6 is 0 Å². The van der Waals surface area contributed by atoms with Gasteiger partial charge in [-0.05, 0) is 31.2 Å². The van der Waals surface area contributed by atoms with Crippen molar-refractivity contribution in [3.05, 3.63) is 54.2 Å². The van der Waals surface area contributed by atoms with Crippen molar-refractivity contribution in [2.45, 2.75) is 19.9 Å². The molecular weight excluding hydrogens is 320 g/mol. The Morgan fingerprint density at radius 3 is 2.64 bits per heavy atom. The lowest BCUT2D eigenvalue weighted by Gasteiger charge is -2.09. The topological polar surface area (TPSA) is 98.0 Å². The first kappa shape index (κ1) is 16.7. The summed E-state index contributed by atoms with van der Waals surface area (Å²) in [6.07, 6.45) is 4.18. The Kier molecular flexibility index (Phi) is 5.76. The van der Waals surface area contributed by atoms with Gasteiger partial charge in [0, 0.05) is 24.9 Å². The fraction of sp³-hybridized carbons (Fsp3) is 0.294. The van der Waals surface area contributed by atoms with E-state index in [-0.39, 0.29) is 6.01 Å². The van der Waals surface area contributed by atoms with Crippen LogP contribution in [-0.2, 0) is 13.0 Å². The van der Waals surface area contributed by atoms with Gasteiger partial charge in [0.1, 0.15) is 5.76 Å². The third-order valence-corrected chi connectivity index (χ3v) is 3.28. The van der Waals surface area contributed by atoms with Crippen LogP contribution in [0.5, 0.6) is 6.01 Å². The highest BCUT2D eigenvalue weighted by atomic mass is 16.5. The fourth-order valence-electron chi connectivity index (χ4n) is 2.14. The number of pyridine rings is 1. The molecule has 8 heteroatoms. The van der Waals surface area contributed by atoms with Crippen LogP contribution in [0.3, 0.4) is 0 Å². The first-order valence-corrected chi connectivity index (χ1v) is 8.12. The molecule has 3 aromatic heterocycles. The Morgan fingerprint density at radius 1 is 1.04 bits per heavy atom. The number of nitrogens with zero attached hydrogens (tertiary/aromatic N) is 4. The molecule has 0 spiro atoms. The Morgan fingerprint density at radius 2 is 1.92 bits per heavy atom. The summed E-state index contributed by atoms with van der Waals surface area (Å²) in [6, 6.07) is 9.84. The van der Waals surface area contributed by atoms with Gasteiger partial charge in [0.25, 0.3) is 0 Å². The molecule has 0 aliphatic rings. The molecule has 2 N–H and O–H groups in total. The first-order valence-electron chi connectivity index (χ1n) is 8.12. The zero-order chi connectivity index (χ0) is 17.3. The van der Waals surface area contributed by atoms with Gasteiger partial charge in [-0.15, -0.1) is 0 Å². The number of nitrogens with one attached hydrogen (secondary N) is 2. The molecule has 0 atom stereocenters. The van der Waals surface area contributed by atoms with Gasteiger partial charge in [-0.3, -0.25) is 4.98 Å². The normalized spacial score (nSPS) is 10.4. The van der Waals surface area contributed by atoms with Crippen molar-refractivity contribution >= 4 is 11.9 Å². The van der Waals surface area contributed by atoms with Crippen LogP contribution < -0.4 is 15.4 Å². The Hall–Kier alpha value is -3.16. The van der Waals surface area contributed by atoms with E-state index in [1.807, 2.05) is 37.3 Å².